The summed E-state index contributed by atoms with van der Waals surface area (Å²) in [4.78, 5) is 1.22. The predicted octanol–water partition coefficient (Wildman–Crippen LogP) is 2.63. The van der Waals surface area contributed by atoms with Crippen LogP contribution >= 0.6 is 24.2 Å². The SMILES string of the molecule is CCC(CC)(CN)NS(=O)(=O)c1cccc(SC)c1.Cl. The molecular formula is C13H23ClN2O2S2. The fraction of sp³-hybridized carbons (Fsp3) is 0.538. The van der Waals surface area contributed by atoms with Crippen molar-refractivity contribution >= 4 is 34.2 Å². The zero-order chi connectivity index (χ0) is 14.5. The van der Waals surface area contributed by atoms with Gasteiger partial charge in [0.05, 0.1) is 4.90 Å². The van der Waals surface area contributed by atoms with Crippen molar-refractivity contribution in [2.24, 2.45) is 5.73 Å². The van der Waals surface area contributed by atoms with E-state index in [2.05, 4.69) is 4.72 Å². The summed E-state index contributed by atoms with van der Waals surface area (Å²) in [5.74, 6) is 0. The average Bonchev–Trinajstić information content (AvgIpc) is 2.45. The highest BCUT2D eigenvalue weighted by molar-refractivity contribution is 7.98. The summed E-state index contributed by atoms with van der Waals surface area (Å²) < 4.78 is 27.6. The van der Waals surface area contributed by atoms with Gasteiger partial charge in [-0.15, -0.1) is 24.2 Å². The molecule has 0 heterocycles. The number of nitrogens with one attached hydrogen (secondary N) is 1. The molecule has 0 aliphatic heterocycles. The van der Waals surface area contributed by atoms with Crippen LogP contribution in [0.5, 0.6) is 0 Å². The van der Waals surface area contributed by atoms with E-state index in [4.69, 9.17) is 5.73 Å². The van der Waals surface area contributed by atoms with E-state index < -0.39 is 15.6 Å². The molecule has 0 atom stereocenters. The van der Waals surface area contributed by atoms with Crippen LogP contribution in [-0.2, 0) is 10.0 Å². The van der Waals surface area contributed by atoms with Crippen molar-refractivity contribution < 1.29 is 8.42 Å². The van der Waals surface area contributed by atoms with Gasteiger partial charge in [0.15, 0.2) is 0 Å². The normalized spacial score (nSPS) is 12.0. The highest BCUT2D eigenvalue weighted by atomic mass is 35.5. The molecule has 0 spiro atoms. The number of nitrogens with two attached hydrogens (primary N) is 1. The van der Waals surface area contributed by atoms with Gasteiger partial charge in [0, 0.05) is 17.0 Å². The summed E-state index contributed by atoms with van der Waals surface area (Å²) in [6.07, 6.45) is 3.25. The molecule has 116 valence electrons. The van der Waals surface area contributed by atoms with Crippen LogP contribution in [0, 0.1) is 0 Å². The molecule has 1 rings (SSSR count). The molecule has 3 N–H and O–H groups in total. The van der Waals surface area contributed by atoms with Gasteiger partial charge in [-0.25, -0.2) is 13.1 Å². The largest absolute Gasteiger partial charge is 0.329 e. The van der Waals surface area contributed by atoms with Gasteiger partial charge in [-0.3, -0.25) is 0 Å². The lowest BCUT2D eigenvalue weighted by Crippen LogP contribution is -2.52. The van der Waals surface area contributed by atoms with E-state index in [0.29, 0.717) is 24.3 Å². The summed E-state index contributed by atoms with van der Waals surface area (Å²) in [6, 6.07) is 6.93. The minimum absolute atomic E-state index is 0. The molecule has 0 saturated carbocycles. The molecule has 0 saturated heterocycles. The fourth-order valence-electron chi connectivity index (χ4n) is 1.84. The van der Waals surface area contributed by atoms with E-state index in [1.54, 1.807) is 18.2 Å². The number of halogens is 1. The summed E-state index contributed by atoms with van der Waals surface area (Å²) in [6.45, 7) is 4.18. The van der Waals surface area contributed by atoms with Crippen molar-refractivity contribution in [3.05, 3.63) is 24.3 Å². The first kappa shape index (κ1) is 19.7. The molecule has 4 nitrogen and oxygen atoms in total. The van der Waals surface area contributed by atoms with Gasteiger partial charge in [-0.05, 0) is 37.3 Å². The Morgan fingerprint density at radius 1 is 1.30 bits per heavy atom. The van der Waals surface area contributed by atoms with Crippen molar-refractivity contribution in [3.63, 3.8) is 0 Å². The van der Waals surface area contributed by atoms with Gasteiger partial charge in [-0.2, -0.15) is 0 Å². The second kappa shape index (κ2) is 8.24. The second-order valence-electron chi connectivity index (χ2n) is 4.48. The molecule has 1 aromatic rings. The molecule has 0 bridgehead atoms. The average molecular weight is 339 g/mol. The molecule has 1 aromatic carbocycles. The molecular weight excluding hydrogens is 316 g/mol. The molecule has 20 heavy (non-hydrogen) atoms. The Morgan fingerprint density at radius 2 is 1.90 bits per heavy atom. The van der Waals surface area contributed by atoms with Crippen LogP contribution in [0.25, 0.3) is 0 Å². The van der Waals surface area contributed by atoms with Gasteiger partial charge in [0.2, 0.25) is 10.0 Å². The van der Waals surface area contributed by atoms with Gasteiger partial charge >= 0.3 is 0 Å². The summed E-state index contributed by atoms with van der Waals surface area (Å²) in [5, 5.41) is 0. The van der Waals surface area contributed by atoms with Crippen LogP contribution in [0.4, 0.5) is 0 Å². The summed E-state index contributed by atoms with van der Waals surface area (Å²) in [7, 11) is -3.53. The van der Waals surface area contributed by atoms with Crippen LogP contribution in [0.1, 0.15) is 26.7 Å². The third-order valence-electron chi connectivity index (χ3n) is 3.45. The van der Waals surface area contributed by atoms with Gasteiger partial charge in [0.25, 0.3) is 0 Å². The van der Waals surface area contributed by atoms with E-state index in [1.165, 1.54) is 11.8 Å². The zero-order valence-corrected chi connectivity index (χ0v) is 14.5. The lowest BCUT2D eigenvalue weighted by atomic mass is 9.95. The Morgan fingerprint density at radius 3 is 2.35 bits per heavy atom. The maximum atomic E-state index is 12.4. The lowest BCUT2D eigenvalue weighted by molar-refractivity contribution is 0.363. The van der Waals surface area contributed by atoms with Crippen molar-refractivity contribution in [3.8, 4) is 0 Å². The maximum Gasteiger partial charge on any atom is 0.241 e. The number of sulfonamides is 1. The Labute approximate surface area is 132 Å². The molecule has 0 unspecified atom stereocenters. The minimum atomic E-state index is -3.53. The van der Waals surface area contributed by atoms with E-state index >= 15 is 0 Å². The van der Waals surface area contributed by atoms with E-state index in [0.717, 1.165) is 4.90 Å². The molecule has 7 heteroatoms. The maximum absolute atomic E-state index is 12.4. The predicted molar refractivity (Wildman–Crippen MR) is 88.2 cm³/mol. The number of hydrogen-bond acceptors (Lipinski definition) is 4. The first-order valence-electron chi connectivity index (χ1n) is 6.31. The quantitative estimate of drug-likeness (QED) is 0.750. The van der Waals surface area contributed by atoms with E-state index in [1.807, 2.05) is 26.2 Å². The van der Waals surface area contributed by atoms with Crippen molar-refractivity contribution in [2.45, 2.75) is 42.0 Å². The number of benzene rings is 1. The van der Waals surface area contributed by atoms with Crippen LogP contribution in [0.2, 0.25) is 0 Å². The van der Waals surface area contributed by atoms with Crippen LogP contribution in [0.15, 0.2) is 34.1 Å². The van der Waals surface area contributed by atoms with Crippen LogP contribution < -0.4 is 10.5 Å². The lowest BCUT2D eigenvalue weighted by Gasteiger charge is -2.31. The fourth-order valence-corrected chi connectivity index (χ4v) is 3.97. The van der Waals surface area contributed by atoms with E-state index in [-0.39, 0.29) is 12.4 Å². The minimum Gasteiger partial charge on any atom is -0.329 e. The molecule has 0 aromatic heterocycles. The highest BCUT2D eigenvalue weighted by Crippen LogP contribution is 2.22. The first-order chi connectivity index (χ1) is 8.93. The number of hydrogen-bond donors (Lipinski definition) is 2. The Hall–Kier alpha value is -0.270. The van der Waals surface area contributed by atoms with E-state index in [9.17, 15) is 8.42 Å². The zero-order valence-electron chi connectivity index (χ0n) is 12.0. The summed E-state index contributed by atoms with van der Waals surface area (Å²) in [5.41, 5.74) is 5.18. The van der Waals surface area contributed by atoms with Crippen molar-refractivity contribution in [1.82, 2.24) is 4.72 Å². The molecule has 0 aliphatic carbocycles. The van der Waals surface area contributed by atoms with Gasteiger partial charge in [-0.1, -0.05) is 19.9 Å². The first-order valence-corrected chi connectivity index (χ1v) is 9.02. The van der Waals surface area contributed by atoms with Crippen molar-refractivity contribution in [2.75, 3.05) is 12.8 Å². The third-order valence-corrected chi connectivity index (χ3v) is 5.75. The second-order valence-corrected chi connectivity index (χ2v) is 7.04. The number of thioether (sulfide) groups is 1. The molecule has 0 radical (unpaired) electrons. The van der Waals surface area contributed by atoms with Crippen molar-refractivity contribution in [1.29, 1.82) is 0 Å². The highest BCUT2D eigenvalue weighted by Gasteiger charge is 2.30. The Kier molecular flexibility index (Phi) is 8.13. The summed E-state index contributed by atoms with van der Waals surface area (Å²) >= 11 is 1.52. The Balaban J connectivity index is 0.00000361. The number of rotatable bonds is 7. The topological polar surface area (TPSA) is 72.2 Å². The Bertz CT molecular complexity index is 509. The van der Waals surface area contributed by atoms with Crippen LogP contribution in [-0.4, -0.2) is 26.8 Å². The van der Waals surface area contributed by atoms with Crippen LogP contribution in [0.3, 0.4) is 0 Å². The van der Waals surface area contributed by atoms with Gasteiger partial charge in [0.1, 0.15) is 0 Å². The molecule has 0 fully saturated rings. The molecule has 0 amide bonds. The molecule has 0 aliphatic rings. The smallest absolute Gasteiger partial charge is 0.241 e. The monoisotopic (exact) mass is 338 g/mol. The van der Waals surface area contributed by atoms with Gasteiger partial charge < -0.3 is 5.73 Å². The third kappa shape index (κ3) is 4.63. The standard InChI is InChI=1S/C13H22N2O2S2.ClH/c1-4-13(5-2,10-14)15-19(16,17)12-8-6-7-11(9-12)18-3;/h6-9,15H,4-5,10,14H2,1-3H3;1H.